The Morgan fingerprint density at radius 1 is 1.33 bits per heavy atom. The topological polar surface area (TPSA) is 56.7 Å². The first-order chi connectivity index (χ1) is 11.6. The third-order valence-corrected chi connectivity index (χ3v) is 6.57. The Kier molecular flexibility index (Phi) is 4.14. The molecule has 126 valence electrons. The molecule has 1 atom stereocenters. The van der Waals surface area contributed by atoms with Crippen molar-refractivity contribution in [1.82, 2.24) is 14.8 Å². The van der Waals surface area contributed by atoms with Gasteiger partial charge in [-0.15, -0.1) is 11.3 Å². The van der Waals surface area contributed by atoms with E-state index in [9.17, 15) is 0 Å². The molecule has 0 saturated heterocycles. The molecule has 2 N–H and O–H groups in total. The van der Waals surface area contributed by atoms with E-state index in [-0.39, 0.29) is 0 Å². The van der Waals surface area contributed by atoms with Gasteiger partial charge in [-0.1, -0.05) is 13.0 Å². The first kappa shape index (κ1) is 15.8. The number of thiazole rings is 1. The minimum atomic E-state index is 0.648. The van der Waals surface area contributed by atoms with Crippen LogP contribution in [0.3, 0.4) is 0 Å². The third-order valence-electron chi connectivity index (χ3n) is 5.39. The van der Waals surface area contributed by atoms with Crippen LogP contribution in [0.1, 0.15) is 37.1 Å². The first-order valence-corrected chi connectivity index (χ1v) is 9.55. The standard InChI is InChI=1S/C19H24N4S/c1-12(5-6-20)14-7-15(8-14)19-22-17-4-3-13(9-18(17)24-19)16-10-21-23(2)11-16/h3-4,9-12,14-15H,5-8,20H2,1-2H3. The number of hydrogen-bond acceptors (Lipinski definition) is 4. The SMILES string of the molecule is CC(CCN)C1CC(c2nc3ccc(-c4cnn(C)c4)cc3s2)C1. The summed E-state index contributed by atoms with van der Waals surface area (Å²) in [4.78, 5) is 4.89. The smallest absolute Gasteiger partial charge is 0.0969 e. The molecule has 24 heavy (non-hydrogen) atoms. The Balaban J connectivity index is 1.52. The lowest BCUT2D eigenvalue weighted by Crippen LogP contribution is -2.28. The largest absolute Gasteiger partial charge is 0.330 e. The second-order valence-corrected chi connectivity index (χ2v) is 8.18. The summed E-state index contributed by atoms with van der Waals surface area (Å²) in [7, 11) is 1.95. The summed E-state index contributed by atoms with van der Waals surface area (Å²) in [5, 5.41) is 5.57. The summed E-state index contributed by atoms with van der Waals surface area (Å²) in [5.74, 6) is 2.23. The van der Waals surface area contributed by atoms with Gasteiger partial charge in [0.25, 0.3) is 0 Å². The maximum absolute atomic E-state index is 5.69. The molecule has 0 aliphatic heterocycles. The minimum absolute atomic E-state index is 0.648. The summed E-state index contributed by atoms with van der Waals surface area (Å²) in [6, 6.07) is 6.54. The van der Waals surface area contributed by atoms with E-state index in [2.05, 4.69) is 36.4 Å². The molecule has 2 aromatic heterocycles. The van der Waals surface area contributed by atoms with Gasteiger partial charge in [-0.25, -0.2) is 4.98 Å². The fourth-order valence-electron chi connectivity index (χ4n) is 3.69. The van der Waals surface area contributed by atoms with E-state index in [1.165, 1.54) is 28.1 Å². The number of aryl methyl sites for hydroxylation is 1. The molecule has 4 nitrogen and oxygen atoms in total. The van der Waals surface area contributed by atoms with Crippen LogP contribution >= 0.6 is 11.3 Å². The quantitative estimate of drug-likeness (QED) is 0.758. The zero-order valence-electron chi connectivity index (χ0n) is 14.3. The van der Waals surface area contributed by atoms with Crippen LogP contribution in [0.4, 0.5) is 0 Å². The van der Waals surface area contributed by atoms with Crippen molar-refractivity contribution < 1.29 is 0 Å². The predicted octanol–water partition coefficient (Wildman–Crippen LogP) is 4.18. The summed E-state index contributed by atoms with van der Waals surface area (Å²) < 4.78 is 3.12. The number of fused-ring (bicyclic) bond motifs is 1. The Morgan fingerprint density at radius 3 is 2.88 bits per heavy atom. The normalized spacial score (nSPS) is 21.8. The molecule has 0 spiro atoms. The van der Waals surface area contributed by atoms with Gasteiger partial charge in [0.1, 0.15) is 0 Å². The fourth-order valence-corrected chi connectivity index (χ4v) is 4.83. The van der Waals surface area contributed by atoms with Crippen LogP contribution in [0.5, 0.6) is 0 Å². The fraction of sp³-hybridized carbons (Fsp3) is 0.474. The van der Waals surface area contributed by atoms with Crippen LogP contribution in [0.2, 0.25) is 0 Å². The van der Waals surface area contributed by atoms with Gasteiger partial charge < -0.3 is 5.73 Å². The molecule has 1 aliphatic carbocycles. The molecule has 1 unspecified atom stereocenters. The molecule has 2 heterocycles. The molecular weight excluding hydrogens is 316 g/mol. The van der Waals surface area contributed by atoms with E-state index in [1.807, 2.05) is 29.3 Å². The van der Waals surface area contributed by atoms with Crippen LogP contribution in [0.15, 0.2) is 30.6 Å². The second kappa shape index (κ2) is 6.30. The van der Waals surface area contributed by atoms with E-state index in [0.29, 0.717) is 5.92 Å². The first-order valence-electron chi connectivity index (χ1n) is 8.73. The Labute approximate surface area is 146 Å². The van der Waals surface area contributed by atoms with Gasteiger partial charge >= 0.3 is 0 Å². The number of nitrogens with zero attached hydrogens (tertiary/aromatic N) is 3. The Morgan fingerprint density at radius 2 is 2.17 bits per heavy atom. The molecule has 1 fully saturated rings. The highest BCUT2D eigenvalue weighted by atomic mass is 32.1. The molecule has 5 heteroatoms. The highest BCUT2D eigenvalue weighted by molar-refractivity contribution is 7.18. The summed E-state index contributed by atoms with van der Waals surface area (Å²) >= 11 is 1.86. The van der Waals surface area contributed by atoms with E-state index in [4.69, 9.17) is 10.7 Å². The van der Waals surface area contributed by atoms with Gasteiger partial charge in [0, 0.05) is 24.7 Å². The summed E-state index contributed by atoms with van der Waals surface area (Å²) in [5.41, 5.74) is 9.19. The molecule has 0 amide bonds. The van der Waals surface area contributed by atoms with Gasteiger partial charge in [0.05, 0.1) is 21.4 Å². The zero-order chi connectivity index (χ0) is 16.7. The highest BCUT2D eigenvalue weighted by Crippen LogP contribution is 2.47. The van der Waals surface area contributed by atoms with Crippen LogP contribution < -0.4 is 5.73 Å². The Bertz CT molecular complexity index is 844. The second-order valence-electron chi connectivity index (χ2n) is 7.12. The van der Waals surface area contributed by atoms with Gasteiger partial charge in [0.15, 0.2) is 0 Å². The van der Waals surface area contributed by atoms with Gasteiger partial charge in [-0.2, -0.15) is 5.10 Å². The number of nitrogens with two attached hydrogens (primary N) is 1. The van der Waals surface area contributed by atoms with Gasteiger partial charge in [-0.05, 0) is 55.3 Å². The molecule has 1 aliphatic rings. The molecule has 4 rings (SSSR count). The number of hydrogen-bond donors (Lipinski definition) is 1. The third kappa shape index (κ3) is 2.87. The number of benzene rings is 1. The van der Waals surface area contributed by atoms with Crippen molar-refractivity contribution in [2.24, 2.45) is 24.6 Å². The predicted molar refractivity (Wildman–Crippen MR) is 100 cm³/mol. The number of rotatable bonds is 5. The zero-order valence-corrected chi connectivity index (χ0v) is 15.1. The highest BCUT2D eigenvalue weighted by Gasteiger charge is 2.35. The lowest BCUT2D eigenvalue weighted by atomic mass is 9.68. The van der Waals surface area contributed by atoms with E-state index in [0.717, 1.165) is 35.9 Å². The van der Waals surface area contributed by atoms with Crippen molar-refractivity contribution in [2.45, 2.75) is 32.1 Å². The average Bonchev–Trinajstić information content (AvgIpc) is 3.11. The van der Waals surface area contributed by atoms with Crippen molar-refractivity contribution in [3.05, 3.63) is 35.6 Å². The molecule has 1 aromatic carbocycles. The maximum atomic E-state index is 5.69. The maximum Gasteiger partial charge on any atom is 0.0969 e. The molecular formula is C19H24N4S. The summed E-state index contributed by atoms with van der Waals surface area (Å²) in [6.07, 6.45) is 7.66. The molecule has 3 aromatic rings. The van der Waals surface area contributed by atoms with Crippen molar-refractivity contribution >= 4 is 21.6 Å². The van der Waals surface area contributed by atoms with E-state index in [1.54, 1.807) is 0 Å². The molecule has 0 bridgehead atoms. The minimum Gasteiger partial charge on any atom is -0.330 e. The van der Waals surface area contributed by atoms with Crippen molar-refractivity contribution in [3.63, 3.8) is 0 Å². The Hall–Kier alpha value is -1.72. The van der Waals surface area contributed by atoms with Crippen LogP contribution in [0, 0.1) is 11.8 Å². The van der Waals surface area contributed by atoms with E-state index < -0.39 is 0 Å². The van der Waals surface area contributed by atoms with Crippen LogP contribution in [0.25, 0.3) is 21.3 Å². The lowest BCUT2D eigenvalue weighted by Gasteiger charge is -2.38. The van der Waals surface area contributed by atoms with Crippen molar-refractivity contribution in [3.8, 4) is 11.1 Å². The average molecular weight is 340 g/mol. The summed E-state index contributed by atoms with van der Waals surface area (Å²) in [6.45, 7) is 3.15. The molecule has 0 radical (unpaired) electrons. The monoisotopic (exact) mass is 340 g/mol. The van der Waals surface area contributed by atoms with Crippen molar-refractivity contribution in [1.29, 1.82) is 0 Å². The molecule has 1 saturated carbocycles. The van der Waals surface area contributed by atoms with Crippen LogP contribution in [-0.2, 0) is 7.05 Å². The van der Waals surface area contributed by atoms with E-state index >= 15 is 0 Å². The van der Waals surface area contributed by atoms with Crippen LogP contribution in [-0.4, -0.2) is 21.3 Å². The van der Waals surface area contributed by atoms with Gasteiger partial charge in [0.2, 0.25) is 0 Å². The van der Waals surface area contributed by atoms with Crippen molar-refractivity contribution in [2.75, 3.05) is 6.54 Å². The number of aromatic nitrogens is 3. The lowest BCUT2D eigenvalue weighted by molar-refractivity contribution is 0.178. The van der Waals surface area contributed by atoms with Gasteiger partial charge in [-0.3, -0.25) is 4.68 Å².